The molecule has 1 unspecified atom stereocenters. The molecular formula is C29H35NO4S. The lowest BCUT2D eigenvalue weighted by molar-refractivity contribution is -0.304. The summed E-state index contributed by atoms with van der Waals surface area (Å²) in [6.45, 7) is 4.29. The van der Waals surface area contributed by atoms with Gasteiger partial charge in [0.15, 0.2) is 11.5 Å². The summed E-state index contributed by atoms with van der Waals surface area (Å²) in [6, 6.07) is 6.51. The number of aromatic hydroxyl groups is 1. The number of piperidine rings is 1. The first-order valence-electron chi connectivity index (χ1n) is 13.4. The van der Waals surface area contributed by atoms with E-state index in [1.54, 1.807) is 11.3 Å². The second-order valence-corrected chi connectivity index (χ2v) is 13.3. The molecule has 35 heavy (non-hydrogen) atoms. The SMILES string of the molecule is CO[C@]12CC[C@@]3(C[C@@H]1C(C)(O)c1ccsc1)[C@H]1Cc4ccc(O)c5c4[C@@]3(CCN1CC1CC1)[C@H]2O5. The van der Waals surface area contributed by atoms with E-state index in [-0.39, 0.29) is 28.6 Å². The van der Waals surface area contributed by atoms with Crippen LogP contribution in [0, 0.1) is 17.3 Å². The fourth-order valence-electron chi connectivity index (χ4n) is 9.81. The minimum absolute atomic E-state index is 0.0157. The highest BCUT2D eigenvalue weighted by atomic mass is 32.1. The summed E-state index contributed by atoms with van der Waals surface area (Å²) in [5.41, 5.74) is 1.86. The molecule has 2 aromatic rings. The van der Waals surface area contributed by atoms with Crippen molar-refractivity contribution < 1.29 is 19.7 Å². The van der Waals surface area contributed by atoms with Gasteiger partial charge in [-0.3, -0.25) is 4.90 Å². The lowest BCUT2D eigenvalue weighted by atomic mass is 9.33. The quantitative estimate of drug-likeness (QED) is 0.638. The molecule has 1 saturated heterocycles. The highest BCUT2D eigenvalue weighted by Crippen LogP contribution is 2.78. The number of fused-ring (bicyclic) bond motifs is 2. The van der Waals surface area contributed by atoms with Crippen LogP contribution in [0.5, 0.6) is 11.5 Å². The van der Waals surface area contributed by atoms with Crippen molar-refractivity contribution in [1.82, 2.24) is 4.90 Å². The standard InChI is InChI=1S/C29H35NO4S/c1-26(32,19-7-12-35-16-19)21-14-27-8-9-29(21,33-2)25-28(27)10-11-30(15-17-3-4-17)22(27)13-18-5-6-20(31)24(34-25)23(18)28/h5-7,12,16-17,21-22,25,31-32H,3-4,8-11,13-15H2,1-2H3/t21-,22-,25-,26?,27-,28+,29-/m1/s1. The van der Waals surface area contributed by atoms with Gasteiger partial charge in [0, 0.05) is 42.0 Å². The van der Waals surface area contributed by atoms with Crippen LogP contribution < -0.4 is 4.74 Å². The lowest BCUT2D eigenvalue weighted by Gasteiger charge is -2.75. The first-order valence-corrected chi connectivity index (χ1v) is 14.4. The number of phenolic OH excluding ortho intramolecular Hbond substituents is 1. The maximum atomic E-state index is 12.2. The van der Waals surface area contributed by atoms with E-state index in [1.165, 1.54) is 30.5 Å². The van der Waals surface area contributed by atoms with Crippen molar-refractivity contribution in [3.05, 3.63) is 45.6 Å². The molecule has 5 nitrogen and oxygen atoms in total. The molecule has 4 saturated carbocycles. The zero-order valence-corrected chi connectivity index (χ0v) is 21.4. The maximum Gasteiger partial charge on any atom is 0.165 e. The van der Waals surface area contributed by atoms with Crippen LogP contribution in [0.3, 0.4) is 0 Å². The average Bonchev–Trinajstić information content (AvgIpc) is 3.34. The molecule has 2 spiro atoms. The van der Waals surface area contributed by atoms with Crippen molar-refractivity contribution in [3.63, 3.8) is 0 Å². The largest absolute Gasteiger partial charge is 0.504 e. The molecule has 186 valence electrons. The fraction of sp³-hybridized carbons (Fsp3) is 0.655. The number of benzene rings is 1. The van der Waals surface area contributed by atoms with Crippen molar-refractivity contribution in [2.75, 3.05) is 20.2 Å². The molecule has 4 bridgehead atoms. The summed E-state index contributed by atoms with van der Waals surface area (Å²) in [6.07, 6.45) is 7.52. The predicted molar refractivity (Wildman–Crippen MR) is 134 cm³/mol. The third-order valence-corrected chi connectivity index (χ3v) is 12.1. The number of rotatable bonds is 5. The van der Waals surface area contributed by atoms with Crippen LogP contribution in [0.1, 0.15) is 62.1 Å². The number of ether oxygens (including phenoxy) is 2. The second-order valence-electron chi connectivity index (χ2n) is 12.6. The molecule has 7 aliphatic rings. The van der Waals surface area contributed by atoms with E-state index in [2.05, 4.69) is 27.8 Å². The molecule has 2 aliphatic heterocycles. The molecule has 1 aromatic heterocycles. The summed E-state index contributed by atoms with van der Waals surface area (Å²) >= 11 is 1.64. The van der Waals surface area contributed by atoms with Gasteiger partial charge >= 0.3 is 0 Å². The Morgan fingerprint density at radius 1 is 1.23 bits per heavy atom. The smallest absolute Gasteiger partial charge is 0.165 e. The molecule has 7 atom stereocenters. The first kappa shape index (κ1) is 21.5. The zero-order chi connectivity index (χ0) is 23.8. The van der Waals surface area contributed by atoms with Gasteiger partial charge in [-0.1, -0.05) is 6.07 Å². The number of likely N-dealkylation sites (tertiary alicyclic amines) is 1. The lowest BCUT2D eigenvalue weighted by Crippen LogP contribution is -2.82. The van der Waals surface area contributed by atoms with Gasteiger partial charge in [0.2, 0.25) is 0 Å². The molecular weight excluding hydrogens is 458 g/mol. The Morgan fingerprint density at radius 2 is 2.09 bits per heavy atom. The van der Waals surface area contributed by atoms with E-state index < -0.39 is 11.2 Å². The molecule has 9 rings (SSSR count). The van der Waals surface area contributed by atoms with Gasteiger partial charge in [-0.05, 0) is 98.4 Å². The topological polar surface area (TPSA) is 62.2 Å². The molecule has 3 heterocycles. The number of hydrogen-bond acceptors (Lipinski definition) is 6. The molecule has 2 N–H and O–H groups in total. The van der Waals surface area contributed by atoms with Crippen molar-refractivity contribution in [3.8, 4) is 11.5 Å². The van der Waals surface area contributed by atoms with Crippen LogP contribution in [-0.4, -0.2) is 53.1 Å². The Labute approximate surface area is 211 Å². The van der Waals surface area contributed by atoms with E-state index in [4.69, 9.17) is 9.47 Å². The van der Waals surface area contributed by atoms with Gasteiger partial charge in [-0.15, -0.1) is 0 Å². The first-order chi connectivity index (χ1) is 16.9. The molecule has 0 amide bonds. The Kier molecular flexibility index (Phi) is 4.07. The van der Waals surface area contributed by atoms with E-state index >= 15 is 0 Å². The van der Waals surface area contributed by atoms with Crippen LogP contribution >= 0.6 is 11.3 Å². The zero-order valence-electron chi connectivity index (χ0n) is 20.6. The third kappa shape index (κ3) is 2.33. The van der Waals surface area contributed by atoms with Crippen molar-refractivity contribution >= 4 is 11.3 Å². The Hall–Kier alpha value is -1.60. The molecule has 5 aliphatic carbocycles. The number of aliphatic hydroxyl groups is 1. The number of nitrogens with zero attached hydrogens (tertiary/aromatic N) is 1. The minimum Gasteiger partial charge on any atom is -0.504 e. The van der Waals surface area contributed by atoms with E-state index in [0.717, 1.165) is 50.1 Å². The monoisotopic (exact) mass is 493 g/mol. The van der Waals surface area contributed by atoms with Gasteiger partial charge in [0.25, 0.3) is 0 Å². The number of thiophene rings is 1. The van der Waals surface area contributed by atoms with Crippen LogP contribution in [0.2, 0.25) is 0 Å². The maximum absolute atomic E-state index is 12.2. The van der Waals surface area contributed by atoms with Gasteiger partial charge in [-0.2, -0.15) is 11.3 Å². The van der Waals surface area contributed by atoms with Crippen molar-refractivity contribution in [1.29, 1.82) is 0 Å². The molecule has 5 fully saturated rings. The fourth-order valence-corrected chi connectivity index (χ4v) is 10.6. The Morgan fingerprint density at radius 3 is 2.83 bits per heavy atom. The number of hydrogen-bond donors (Lipinski definition) is 2. The summed E-state index contributed by atoms with van der Waals surface area (Å²) in [4.78, 5) is 2.81. The summed E-state index contributed by atoms with van der Waals surface area (Å²) in [5, 5.41) is 27.4. The number of phenols is 1. The van der Waals surface area contributed by atoms with E-state index in [0.29, 0.717) is 11.8 Å². The highest BCUT2D eigenvalue weighted by molar-refractivity contribution is 7.08. The van der Waals surface area contributed by atoms with Gasteiger partial charge in [0.1, 0.15) is 11.7 Å². The van der Waals surface area contributed by atoms with Crippen LogP contribution in [0.25, 0.3) is 0 Å². The van der Waals surface area contributed by atoms with Gasteiger partial charge in [-0.25, -0.2) is 0 Å². The third-order valence-electron chi connectivity index (χ3n) is 11.4. The van der Waals surface area contributed by atoms with Gasteiger partial charge in [0.05, 0.1) is 5.60 Å². The van der Waals surface area contributed by atoms with Crippen LogP contribution in [0.4, 0.5) is 0 Å². The minimum atomic E-state index is -1.01. The normalized spacial score (nSPS) is 42.4. The number of methoxy groups -OCH3 is 1. The molecule has 0 radical (unpaired) electrons. The van der Waals surface area contributed by atoms with Gasteiger partial charge < -0.3 is 19.7 Å². The second kappa shape index (κ2) is 6.63. The van der Waals surface area contributed by atoms with E-state index in [9.17, 15) is 10.2 Å². The highest BCUT2D eigenvalue weighted by Gasteiger charge is 2.82. The summed E-state index contributed by atoms with van der Waals surface area (Å²) in [5.74, 6) is 1.73. The molecule has 1 aromatic carbocycles. The Bertz CT molecular complexity index is 1210. The predicted octanol–water partition coefficient (Wildman–Crippen LogP) is 4.59. The summed E-state index contributed by atoms with van der Waals surface area (Å²) < 4.78 is 13.5. The summed E-state index contributed by atoms with van der Waals surface area (Å²) in [7, 11) is 1.82. The van der Waals surface area contributed by atoms with Crippen molar-refractivity contribution in [2.45, 2.75) is 80.6 Å². The van der Waals surface area contributed by atoms with Crippen LogP contribution in [-0.2, 0) is 22.2 Å². The van der Waals surface area contributed by atoms with Crippen LogP contribution in [0.15, 0.2) is 29.0 Å². The average molecular weight is 494 g/mol. The Balaban J connectivity index is 1.37. The van der Waals surface area contributed by atoms with E-state index in [1.807, 2.05) is 20.1 Å². The van der Waals surface area contributed by atoms with Crippen molar-refractivity contribution in [2.24, 2.45) is 17.3 Å². The molecule has 6 heteroatoms.